The van der Waals surface area contributed by atoms with Crippen LogP contribution in [0.4, 0.5) is 8.78 Å². The molecule has 4 nitrogen and oxygen atoms in total. The fraction of sp³-hybridized carbons (Fsp3) is 0.778. The van der Waals surface area contributed by atoms with Crippen LogP contribution in [0.2, 0.25) is 0 Å². The molecular weight excluding hydrogens is 204 g/mol. The Morgan fingerprint density at radius 2 is 2.07 bits per heavy atom. The van der Waals surface area contributed by atoms with Crippen molar-refractivity contribution in [2.75, 3.05) is 33.7 Å². The van der Waals surface area contributed by atoms with Gasteiger partial charge in [0, 0.05) is 13.6 Å². The molecule has 0 rings (SSSR count). The molecule has 0 saturated heterocycles. The molecule has 0 atom stereocenters. The topological polar surface area (TPSA) is 47.3 Å². The summed E-state index contributed by atoms with van der Waals surface area (Å²) in [5, 5.41) is 8.30. The number of likely N-dealkylation sites (N-methyl/N-ethyl adjacent to an activating group) is 2. The van der Waals surface area contributed by atoms with Crippen LogP contribution >= 0.6 is 0 Å². The summed E-state index contributed by atoms with van der Waals surface area (Å²) in [6.45, 7) is -0.137. The molecule has 0 bridgehead atoms. The third-order valence-corrected chi connectivity index (χ3v) is 1.84. The van der Waals surface area contributed by atoms with Gasteiger partial charge in [-0.3, -0.25) is 9.69 Å². The molecule has 15 heavy (non-hydrogen) atoms. The molecular formula is C9H15F2N3O. The normalized spacial score (nSPS) is 10.5. The third kappa shape index (κ3) is 6.80. The average Bonchev–Trinajstić information content (AvgIpc) is 2.12. The lowest BCUT2D eigenvalue weighted by molar-refractivity contribution is -0.131. The van der Waals surface area contributed by atoms with Crippen LogP contribution in [0.5, 0.6) is 0 Å². The monoisotopic (exact) mass is 219 g/mol. The van der Waals surface area contributed by atoms with Gasteiger partial charge < -0.3 is 4.90 Å². The van der Waals surface area contributed by atoms with Crippen LogP contribution in [0.15, 0.2) is 0 Å². The van der Waals surface area contributed by atoms with Gasteiger partial charge >= 0.3 is 0 Å². The summed E-state index contributed by atoms with van der Waals surface area (Å²) < 4.78 is 23.9. The molecule has 0 unspecified atom stereocenters. The molecule has 0 aliphatic rings. The highest BCUT2D eigenvalue weighted by molar-refractivity contribution is 5.77. The van der Waals surface area contributed by atoms with Gasteiger partial charge in [0.15, 0.2) is 0 Å². The molecule has 0 aromatic rings. The fourth-order valence-electron chi connectivity index (χ4n) is 0.994. The zero-order chi connectivity index (χ0) is 11.8. The zero-order valence-corrected chi connectivity index (χ0v) is 8.91. The SMILES string of the molecule is CN(CC(=O)N(C)CCC#N)CC(F)F. The maximum Gasteiger partial charge on any atom is 0.251 e. The zero-order valence-electron chi connectivity index (χ0n) is 8.91. The van der Waals surface area contributed by atoms with Crippen LogP contribution in [0.25, 0.3) is 0 Å². The molecule has 0 heterocycles. The van der Waals surface area contributed by atoms with E-state index in [-0.39, 0.29) is 18.9 Å². The van der Waals surface area contributed by atoms with Gasteiger partial charge in [0.25, 0.3) is 6.43 Å². The van der Waals surface area contributed by atoms with Crippen molar-refractivity contribution in [2.45, 2.75) is 12.8 Å². The second kappa shape index (κ2) is 7.12. The number of amides is 1. The molecule has 1 amide bonds. The Balaban J connectivity index is 3.86. The van der Waals surface area contributed by atoms with Crippen LogP contribution < -0.4 is 0 Å². The van der Waals surface area contributed by atoms with Crippen LogP contribution in [-0.2, 0) is 4.79 Å². The number of rotatable bonds is 6. The molecule has 0 fully saturated rings. The minimum Gasteiger partial charge on any atom is -0.344 e. The molecule has 0 aromatic heterocycles. The predicted molar refractivity (Wildman–Crippen MR) is 51.4 cm³/mol. The lowest BCUT2D eigenvalue weighted by Gasteiger charge is -2.20. The Labute approximate surface area is 88.1 Å². The lowest BCUT2D eigenvalue weighted by Crippen LogP contribution is -2.38. The van der Waals surface area contributed by atoms with Gasteiger partial charge in [-0.2, -0.15) is 5.26 Å². The molecule has 0 aliphatic heterocycles. The van der Waals surface area contributed by atoms with Crippen molar-refractivity contribution in [1.29, 1.82) is 5.26 Å². The van der Waals surface area contributed by atoms with Gasteiger partial charge in [-0.05, 0) is 7.05 Å². The summed E-state index contributed by atoms with van der Waals surface area (Å²) in [7, 11) is 3.01. The summed E-state index contributed by atoms with van der Waals surface area (Å²) >= 11 is 0. The first kappa shape index (κ1) is 13.8. The van der Waals surface area contributed by atoms with E-state index >= 15 is 0 Å². The van der Waals surface area contributed by atoms with Crippen molar-refractivity contribution in [3.8, 4) is 6.07 Å². The Morgan fingerprint density at radius 3 is 2.53 bits per heavy atom. The maximum atomic E-state index is 11.9. The first-order valence-corrected chi connectivity index (χ1v) is 4.55. The Hall–Kier alpha value is -1.22. The van der Waals surface area contributed by atoms with E-state index in [9.17, 15) is 13.6 Å². The van der Waals surface area contributed by atoms with Crippen molar-refractivity contribution in [2.24, 2.45) is 0 Å². The van der Waals surface area contributed by atoms with Crippen LogP contribution in [0, 0.1) is 11.3 Å². The number of hydrogen-bond acceptors (Lipinski definition) is 3. The number of halogens is 2. The molecule has 0 spiro atoms. The Bertz CT molecular complexity index is 240. The van der Waals surface area contributed by atoms with Crippen molar-refractivity contribution in [3.05, 3.63) is 0 Å². The van der Waals surface area contributed by atoms with E-state index in [4.69, 9.17) is 5.26 Å². The van der Waals surface area contributed by atoms with Gasteiger partial charge in [0.2, 0.25) is 5.91 Å². The number of alkyl halides is 2. The predicted octanol–water partition coefficient (Wildman–Crippen LogP) is 0.555. The van der Waals surface area contributed by atoms with E-state index in [0.29, 0.717) is 6.54 Å². The Kier molecular flexibility index (Phi) is 6.54. The molecule has 0 aromatic carbocycles. The second-order valence-corrected chi connectivity index (χ2v) is 3.31. The highest BCUT2D eigenvalue weighted by atomic mass is 19.3. The van der Waals surface area contributed by atoms with E-state index in [0.717, 1.165) is 0 Å². The van der Waals surface area contributed by atoms with Crippen LogP contribution in [0.1, 0.15) is 6.42 Å². The van der Waals surface area contributed by atoms with Gasteiger partial charge in [0.05, 0.1) is 25.6 Å². The minimum absolute atomic E-state index is 0.0493. The summed E-state index contributed by atoms with van der Waals surface area (Å²) in [6.07, 6.45) is -2.19. The van der Waals surface area contributed by atoms with Gasteiger partial charge in [-0.25, -0.2) is 8.78 Å². The standard InChI is InChI=1S/C9H15F2N3O/c1-13(6-8(10)11)7-9(15)14(2)5-3-4-12/h8H,3,5-7H2,1-2H3. The quantitative estimate of drug-likeness (QED) is 0.655. The van der Waals surface area contributed by atoms with E-state index < -0.39 is 13.0 Å². The number of carbonyl (C=O) groups excluding carboxylic acids is 1. The third-order valence-electron chi connectivity index (χ3n) is 1.84. The van der Waals surface area contributed by atoms with E-state index in [1.165, 1.54) is 16.8 Å². The minimum atomic E-state index is -2.44. The molecule has 6 heteroatoms. The smallest absolute Gasteiger partial charge is 0.251 e. The van der Waals surface area contributed by atoms with Crippen LogP contribution in [-0.4, -0.2) is 55.9 Å². The van der Waals surface area contributed by atoms with Gasteiger partial charge in [-0.1, -0.05) is 0 Å². The summed E-state index contributed by atoms with van der Waals surface area (Å²) in [6, 6.07) is 1.91. The molecule has 86 valence electrons. The summed E-state index contributed by atoms with van der Waals surface area (Å²) in [4.78, 5) is 14.0. The molecule has 0 saturated carbocycles. The highest BCUT2D eigenvalue weighted by Gasteiger charge is 2.14. The maximum absolute atomic E-state index is 11.9. The number of nitriles is 1. The first-order chi connectivity index (χ1) is 6.97. The second-order valence-electron chi connectivity index (χ2n) is 3.31. The van der Waals surface area contributed by atoms with Crippen molar-refractivity contribution in [3.63, 3.8) is 0 Å². The molecule has 0 radical (unpaired) electrons. The van der Waals surface area contributed by atoms with E-state index in [1.54, 1.807) is 7.05 Å². The Morgan fingerprint density at radius 1 is 1.47 bits per heavy atom. The molecule has 0 aliphatic carbocycles. The van der Waals surface area contributed by atoms with Crippen molar-refractivity contribution in [1.82, 2.24) is 9.80 Å². The molecule has 0 N–H and O–H groups in total. The summed E-state index contributed by atoms with van der Waals surface area (Å²) in [5.74, 6) is -0.256. The number of hydrogen-bond donors (Lipinski definition) is 0. The van der Waals surface area contributed by atoms with Crippen LogP contribution in [0.3, 0.4) is 0 Å². The van der Waals surface area contributed by atoms with E-state index in [1.807, 2.05) is 6.07 Å². The number of carbonyl (C=O) groups is 1. The first-order valence-electron chi connectivity index (χ1n) is 4.55. The van der Waals surface area contributed by atoms with Gasteiger partial charge in [0.1, 0.15) is 0 Å². The largest absolute Gasteiger partial charge is 0.344 e. The summed E-state index contributed by atoms with van der Waals surface area (Å²) in [5.41, 5.74) is 0. The fourth-order valence-corrected chi connectivity index (χ4v) is 0.994. The van der Waals surface area contributed by atoms with Gasteiger partial charge in [-0.15, -0.1) is 0 Å². The highest BCUT2D eigenvalue weighted by Crippen LogP contribution is 1.97. The van der Waals surface area contributed by atoms with Crippen molar-refractivity contribution < 1.29 is 13.6 Å². The average molecular weight is 219 g/mol. The lowest BCUT2D eigenvalue weighted by atomic mass is 10.4. The number of nitrogens with zero attached hydrogens (tertiary/aromatic N) is 3. The van der Waals surface area contributed by atoms with E-state index in [2.05, 4.69) is 0 Å². The van der Waals surface area contributed by atoms with Crippen molar-refractivity contribution >= 4 is 5.91 Å².